The van der Waals surface area contributed by atoms with Crippen LogP contribution in [0.2, 0.25) is 0 Å². The molecule has 16 nitrogen and oxygen atoms in total. The number of nitriles is 1. The first-order valence-corrected chi connectivity index (χ1v) is 27.8. The molecule has 0 bridgehead atoms. The molecule has 0 saturated carbocycles. The topological polar surface area (TPSA) is 157 Å². The number of benzene rings is 3. The molecule has 1 unspecified atom stereocenters. The van der Waals surface area contributed by atoms with Crippen molar-refractivity contribution in [2.75, 3.05) is 53.6 Å². The van der Waals surface area contributed by atoms with Crippen LogP contribution in [0.5, 0.6) is 11.5 Å². The van der Waals surface area contributed by atoms with Crippen LogP contribution in [0.1, 0.15) is 119 Å². The lowest BCUT2D eigenvalue weighted by atomic mass is 9.80. The third-order valence-corrected chi connectivity index (χ3v) is 14.6. The third kappa shape index (κ3) is 15.8. The minimum absolute atomic E-state index is 0.0723. The number of aromatic nitrogens is 4. The van der Waals surface area contributed by atoms with E-state index in [1.807, 2.05) is 84.0 Å². The van der Waals surface area contributed by atoms with Gasteiger partial charge in [0, 0.05) is 44.7 Å². The maximum atomic E-state index is 9.61. The molecule has 0 radical (unpaired) electrons. The van der Waals surface area contributed by atoms with E-state index in [2.05, 4.69) is 116 Å². The highest BCUT2D eigenvalue weighted by atomic mass is 31.2. The number of hydrogen-bond acceptors (Lipinski definition) is 13. The van der Waals surface area contributed by atoms with Crippen molar-refractivity contribution in [1.82, 2.24) is 34.0 Å². The number of methoxy groups -OCH3 is 2. The van der Waals surface area contributed by atoms with Crippen LogP contribution >= 0.6 is 8.53 Å². The van der Waals surface area contributed by atoms with Gasteiger partial charge < -0.3 is 37.8 Å². The molecule has 0 spiro atoms. The zero-order valence-electron chi connectivity index (χ0n) is 47.0. The number of imidazole rings is 1. The molecule has 6 rings (SSSR count). The van der Waals surface area contributed by atoms with Crippen molar-refractivity contribution in [3.63, 3.8) is 0 Å². The average molecular weight is 1050 g/mol. The summed E-state index contributed by atoms with van der Waals surface area (Å²) in [5.41, 5.74) is 2.61. The van der Waals surface area contributed by atoms with E-state index in [1.165, 1.54) is 0 Å². The van der Waals surface area contributed by atoms with Crippen molar-refractivity contribution >= 4 is 44.1 Å². The van der Waals surface area contributed by atoms with Gasteiger partial charge in [0.15, 0.2) is 17.0 Å². The molecule has 3 aromatic carbocycles. The summed E-state index contributed by atoms with van der Waals surface area (Å²) >= 11 is 0. The van der Waals surface area contributed by atoms with Crippen LogP contribution in [0, 0.1) is 35.0 Å². The first-order chi connectivity index (χ1) is 35.9. The summed E-state index contributed by atoms with van der Waals surface area (Å²) in [6.07, 6.45) is 4.29. The predicted molar refractivity (Wildman–Crippen MR) is 301 cm³/mol. The highest BCUT2D eigenvalue weighted by Crippen LogP contribution is 2.51. The van der Waals surface area contributed by atoms with Gasteiger partial charge in [-0.05, 0) is 92.3 Å². The molecule has 3 heterocycles. The van der Waals surface area contributed by atoms with E-state index in [0.29, 0.717) is 47.1 Å². The SMILES string of the molecule is COc1ccc(C(OC[C@H]2O[C@@H](n3cnc4c(/N=C/N(CC(C)C)CC(C)C)nc(/N=C/N(CC(C)C)CC(C)C)nc43)C[C@@H]2OP(OCCC#N)N(C(C)C)C(C)C)(c2ccccc2)c2ccc(OC)cc2)cc1. The van der Waals surface area contributed by atoms with E-state index in [0.717, 1.165) is 54.4 Å². The molecule has 1 fully saturated rings. The summed E-state index contributed by atoms with van der Waals surface area (Å²) in [5, 5.41) is 9.61. The van der Waals surface area contributed by atoms with Gasteiger partial charge in [0.25, 0.3) is 14.5 Å². The van der Waals surface area contributed by atoms with Gasteiger partial charge in [0.05, 0.1) is 65.0 Å². The summed E-state index contributed by atoms with van der Waals surface area (Å²) < 4.78 is 44.0. The minimum atomic E-state index is -1.68. The standard InChI is InChI=1S/C58H83N10O6P/c1-40(2)32-65(33-41(3)4)37-61-55-54-56(64-57(63-55)62-38-66(34-42(5)6)35-43(7)8)67(39-60-54)53-31-51(74-75(72-30-18-29-59)68(44(9)10)45(11)12)52(73-53)36-71-58(46-19-16-15-17-20-46,47-21-25-49(69-13)26-22-47)48-23-27-50(70-14)28-24-48/h15-17,19-28,37-45,51-53H,18,30-36H2,1-14H3/b61-37+,62-38+/t51-,52+,53+,75?/m0/s1. The highest BCUT2D eigenvalue weighted by Gasteiger charge is 2.45. The van der Waals surface area contributed by atoms with Gasteiger partial charge in [0.2, 0.25) is 0 Å². The fourth-order valence-corrected chi connectivity index (χ4v) is 11.3. The Balaban J connectivity index is 1.50. The molecule has 0 N–H and O–H groups in total. The van der Waals surface area contributed by atoms with Crippen molar-refractivity contribution in [2.24, 2.45) is 33.7 Å². The molecule has 1 saturated heterocycles. The van der Waals surface area contributed by atoms with E-state index in [1.54, 1.807) is 20.5 Å². The normalized spacial score (nSPS) is 16.8. The van der Waals surface area contributed by atoms with Crippen LogP contribution in [0.25, 0.3) is 11.2 Å². The Hall–Kier alpha value is -5.53. The molecular formula is C58H83N10O6P. The second kappa shape index (κ2) is 28.0. The molecule has 0 aliphatic carbocycles. The van der Waals surface area contributed by atoms with Gasteiger partial charge in [-0.1, -0.05) is 110 Å². The number of hydrogen-bond donors (Lipinski definition) is 0. The van der Waals surface area contributed by atoms with E-state index in [9.17, 15) is 5.26 Å². The Morgan fingerprint density at radius 3 is 1.75 bits per heavy atom. The summed E-state index contributed by atoms with van der Waals surface area (Å²) in [6, 6.07) is 28.6. The number of ether oxygens (including phenoxy) is 4. The van der Waals surface area contributed by atoms with Crippen LogP contribution in [-0.4, -0.2) is 125 Å². The molecule has 2 aromatic heterocycles. The number of aliphatic imine (C=N–C) groups is 2. The van der Waals surface area contributed by atoms with Crippen LogP contribution in [0.3, 0.4) is 0 Å². The zero-order chi connectivity index (χ0) is 54.2. The molecule has 75 heavy (non-hydrogen) atoms. The second-order valence-corrected chi connectivity index (χ2v) is 22.9. The van der Waals surface area contributed by atoms with Gasteiger partial charge in [-0.2, -0.15) is 15.2 Å². The van der Waals surface area contributed by atoms with E-state index in [-0.39, 0.29) is 37.7 Å². The summed E-state index contributed by atoms with van der Waals surface area (Å²) in [4.78, 5) is 29.4. The van der Waals surface area contributed by atoms with Gasteiger partial charge in [-0.3, -0.25) is 4.57 Å². The van der Waals surface area contributed by atoms with Crippen molar-refractivity contribution < 1.29 is 28.0 Å². The molecule has 1 aliphatic heterocycles. The third-order valence-electron chi connectivity index (χ3n) is 12.5. The second-order valence-electron chi connectivity index (χ2n) is 21.5. The van der Waals surface area contributed by atoms with Crippen LogP contribution in [0.4, 0.5) is 11.8 Å². The van der Waals surface area contributed by atoms with E-state index >= 15 is 0 Å². The monoisotopic (exact) mass is 1050 g/mol. The molecular weight excluding hydrogens is 964 g/mol. The van der Waals surface area contributed by atoms with E-state index in [4.69, 9.17) is 52.9 Å². The largest absolute Gasteiger partial charge is 0.497 e. The lowest BCUT2D eigenvalue weighted by molar-refractivity contribution is -0.0912. The Morgan fingerprint density at radius 2 is 1.25 bits per heavy atom. The quantitative estimate of drug-likeness (QED) is 0.0147. The van der Waals surface area contributed by atoms with Crippen molar-refractivity contribution in [3.8, 4) is 17.6 Å². The van der Waals surface area contributed by atoms with Crippen molar-refractivity contribution in [2.45, 2.75) is 132 Å². The summed E-state index contributed by atoms with van der Waals surface area (Å²) in [5.74, 6) is 3.84. The maximum absolute atomic E-state index is 9.61. The smallest absolute Gasteiger partial charge is 0.259 e. The van der Waals surface area contributed by atoms with Gasteiger partial charge in [-0.15, -0.1) is 0 Å². The van der Waals surface area contributed by atoms with Crippen molar-refractivity contribution in [3.05, 3.63) is 102 Å². The fraction of sp³-hybridized carbons (Fsp3) is 0.552. The van der Waals surface area contributed by atoms with Gasteiger partial charge >= 0.3 is 0 Å². The Morgan fingerprint density at radius 1 is 0.733 bits per heavy atom. The molecule has 4 atom stereocenters. The van der Waals surface area contributed by atoms with Crippen molar-refractivity contribution in [1.29, 1.82) is 5.26 Å². The van der Waals surface area contributed by atoms with Crippen LogP contribution in [-0.2, 0) is 24.1 Å². The summed E-state index contributed by atoms with van der Waals surface area (Å²) in [6.45, 7) is 29.8. The molecule has 17 heteroatoms. The summed E-state index contributed by atoms with van der Waals surface area (Å²) in [7, 11) is 1.64. The zero-order valence-corrected chi connectivity index (χ0v) is 47.9. The fourth-order valence-electron chi connectivity index (χ4n) is 9.56. The predicted octanol–water partition coefficient (Wildman–Crippen LogP) is 12.3. The highest BCUT2D eigenvalue weighted by molar-refractivity contribution is 7.44. The lowest BCUT2D eigenvalue weighted by Gasteiger charge is -2.39. The molecule has 406 valence electrons. The molecule has 0 amide bonds. The number of nitrogens with zero attached hydrogens (tertiary/aromatic N) is 10. The lowest BCUT2D eigenvalue weighted by Crippen LogP contribution is -2.39. The number of fused-ring (bicyclic) bond motifs is 1. The first-order valence-electron chi connectivity index (χ1n) is 26.7. The van der Waals surface area contributed by atoms with Gasteiger partial charge in [0.1, 0.15) is 29.4 Å². The Labute approximate surface area is 448 Å². The Kier molecular flexibility index (Phi) is 21.9. The minimum Gasteiger partial charge on any atom is -0.497 e. The Bertz CT molecular complexity index is 2530. The maximum Gasteiger partial charge on any atom is 0.259 e. The van der Waals surface area contributed by atoms with Gasteiger partial charge in [-0.25, -0.2) is 19.6 Å². The van der Waals surface area contributed by atoms with Crippen LogP contribution < -0.4 is 9.47 Å². The van der Waals surface area contributed by atoms with Crippen LogP contribution in [0.15, 0.2) is 95.2 Å². The molecule has 1 aliphatic rings. The molecule has 5 aromatic rings. The average Bonchev–Trinajstić information content (AvgIpc) is 3.98. The van der Waals surface area contributed by atoms with E-state index < -0.39 is 32.6 Å². The first kappa shape index (κ1) is 58.7. The number of rotatable bonds is 29.